The van der Waals surface area contributed by atoms with E-state index in [1.807, 2.05) is 50.2 Å². The van der Waals surface area contributed by atoms with E-state index in [2.05, 4.69) is 13.8 Å². The van der Waals surface area contributed by atoms with Crippen LogP contribution in [-0.4, -0.2) is 26.9 Å². The molecule has 3 aromatic carbocycles. The molecule has 0 aliphatic rings. The predicted molar refractivity (Wildman–Crippen MR) is 157 cm³/mol. The summed E-state index contributed by atoms with van der Waals surface area (Å²) in [6, 6.07) is 16.4. The van der Waals surface area contributed by atoms with E-state index in [0.717, 1.165) is 21.4 Å². The molecular formula is C29H28Cl2FNO3S2. The van der Waals surface area contributed by atoms with Crippen molar-refractivity contribution in [2.24, 2.45) is 0 Å². The second-order valence-electron chi connectivity index (χ2n) is 9.52. The van der Waals surface area contributed by atoms with Gasteiger partial charge in [-0.2, -0.15) is 0 Å². The first-order chi connectivity index (χ1) is 17.9. The van der Waals surface area contributed by atoms with E-state index in [-0.39, 0.29) is 10.8 Å². The average Bonchev–Trinajstić information content (AvgIpc) is 3.27. The monoisotopic (exact) mass is 591 g/mol. The Labute approximate surface area is 236 Å². The van der Waals surface area contributed by atoms with Gasteiger partial charge in [-0.05, 0) is 84.0 Å². The third kappa shape index (κ3) is 5.34. The molecule has 0 atom stereocenters. The van der Waals surface area contributed by atoms with Crippen LogP contribution < -0.4 is 4.90 Å². The van der Waals surface area contributed by atoms with Crippen molar-refractivity contribution < 1.29 is 17.6 Å². The van der Waals surface area contributed by atoms with Crippen LogP contribution in [0, 0.1) is 0 Å². The van der Waals surface area contributed by atoms with Gasteiger partial charge in [0.05, 0.1) is 9.77 Å². The van der Waals surface area contributed by atoms with E-state index in [9.17, 15) is 17.6 Å². The van der Waals surface area contributed by atoms with Crippen molar-refractivity contribution in [1.82, 2.24) is 0 Å². The highest BCUT2D eigenvalue weighted by atomic mass is 35.5. The van der Waals surface area contributed by atoms with Gasteiger partial charge in [-0.1, -0.05) is 56.1 Å². The van der Waals surface area contributed by atoms with Crippen LogP contribution in [0.2, 0.25) is 10.0 Å². The number of anilines is 1. The number of carbonyl (C=O) groups excluding carboxylic acids is 1. The molecule has 0 unspecified atom stereocenters. The number of carbonyl (C=O) groups is 1. The van der Waals surface area contributed by atoms with Gasteiger partial charge >= 0.3 is 0 Å². The summed E-state index contributed by atoms with van der Waals surface area (Å²) in [6.07, 6.45) is 0.516. The van der Waals surface area contributed by atoms with Crippen molar-refractivity contribution in [3.63, 3.8) is 0 Å². The zero-order valence-electron chi connectivity index (χ0n) is 21.5. The molecule has 1 aromatic heterocycles. The first-order valence-corrected chi connectivity index (χ1v) is 15.4. The lowest BCUT2D eigenvalue weighted by molar-refractivity contribution is 0.0991. The molecule has 4 aromatic rings. The maximum atomic E-state index is 13.9. The number of alkyl halides is 1. The molecular weight excluding hydrogens is 564 g/mol. The Balaban J connectivity index is 1.79. The second-order valence-corrected chi connectivity index (χ2v) is 13.4. The molecule has 0 spiro atoms. The largest absolute Gasteiger partial charge is 0.308 e. The Bertz CT molecular complexity index is 1610. The highest BCUT2D eigenvalue weighted by Crippen LogP contribution is 2.38. The van der Waals surface area contributed by atoms with E-state index >= 15 is 0 Å². The van der Waals surface area contributed by atoms with Crippen molar-refractivity contribution in [3.05, 3.63) is 92.3 Å². The summed E-state index contributed by atoms with van der Waals surface area (Å²) in [5.74, 6) is -0.196. The fourth-order valence-corrected chi connectivity index (χ4v) is 6.88. The van der Waals surface area contributed by atoms with Crippen LogP contribution in [0.25, 0.3) is 10.1 Å². The highest BCUT2D eigenvalue weighted by Gasteiger charge is 2.28. The van der Waals surface area contributed by atoms with Gasteiger partial charge in [0.15, 0.2) is 6.01 Å². The van der Waals surface area contributed by atoms with Crippen molar-refractivity contribution in [2.45, 2.75) is 44.4 Å². The van der Waals surface area contributed by atoms with Crippen LogP contribution in [0.4, 0.5) is 10.1 Å². The zero-order valence-corrected chi connectivity index (χ0v) is 24.7. The van der Waals surface area contributed by atoms with Crippen molar-refractivity contribution in [1.29, 1.82) is 0 Å². The van der Waals surface area contributed by atoms with Crippen LogP contribution in [0.15, 0.2) is 65.6 Å². The Kier molecular flexibility index (Phi) is 8.24. The zero-order chi connectivity index (χ0) is 27.8. The van der Waals surface area contributed by atoms with Crippen LogP contribution in [0.5, 0.6) is 0 Å². The first-order valence-electron chi connectivity index (χ1n) is 12.2. The minimum absolute atomic E-state index is 0.0877. The first kappa shape index (κ1) is 28.6. The van der Waals surface area contributed by atoms with Gasteiger partial charge in [0.25, 0.3) is 5.91 Å². The minimum atomic E-state index is -4.02. The van der Waals surface area contributed by atoms with Gasteiger partial charge in [-0.25, -0.2) is 12.8 Å². The minimum Gasteiger partial charge on any atom is -0.308 e. The summed E-state index contributed by atoms with van der Waals surface area (Å²) in [7, 11) is -4.02. The number of sulfone groups is 1. The predicted octanol–water partition coefficient (Wildman–Crippen LogP) is 8.46. The SMILES string of the molecule is CCc1c(C(=O)N(CC)c2cc(Cl)cc(C(C)(C)c3ccc(Cl)cc3)c2)sc2ccc(S(=O)(=O)CF)cc12. The molecule has 0 aliphatic carbocycles. The number of rotatable bonds is 8. The number of thiophene rings is 1. The molecule has 0 bridgehead atoms. The highest BCUT2D eigenvalue weighted by molar-refractivity contribution is 7.91. The third-order valence-electron chi connectivity index (χ3n) is 6.86. The lowest BCUT2D eigenvalue weighted by atomic mass is 9.78. The van der Waals surface area contributed by atoms with E-state index in [1.54, 1.807) is 17.0 Å². The normalized spacial score (nSPS) is 12.2. The number of hydrogen-bond donors (Lipinski definition) is 0. The average molecular weight is 593 g/mol. The molecule has 1 amide bonds. The van der Waals surface area contributed by atoms with Gasteiger partial charge < -0.3 is 4.90 Å². The maximum Gasteiger partial charge on any atom is 0.268 e. The molecule has 0 fully saturated rings. The van der Waals surface area contributed by atoms with Gasteiger partial charge in [-0.3, -0.25) is 4.79 Å². The summed E-state index contributed by atoms with van der Waals surface area (Å²) >= 11 is 14.0. The van der Waals surface area contributed by atoms with Gasteiger partial charge in [0.2, 0.25) is 9.84 Å². The number of aryl methyl sites for hydroxylation is 1. The fraction of sp³-hybridized carbons (Fsp3) is 0.276. The number of fused-ring (bicyclic) bond motifs is 1. The Hall–Kier alpha value is -2.45. The van der Waals surface area contributed by atoms with Crippen LogP contribution >= 0.6 is 34.5 Å². The van der Waals surface area contributed by atoms with Crippen LogP contribution in [-0.2, 0) is 21.7 Å². The molecule has 1 heterocycles. The van der Waals surface area contributed by atoms with E-state index < -0.39 is 21.3 Å². The molecule has 200 valence electrons. The number of benzene rings is 3. The summed E-state index contributed by atoms with van der Waals surface area (Å²) in [5, 5.41) is 1.82. The summed E-state index contributed by atoms with van der Waals surface area (Å²) in [6.45, 7) is 8.39. The molecule has 0 radical (unpaired) electrons. The summed E-state index contributed by atoms with van der Waals surface area (Å²) < 4.78 is 38.1. The Morgan fingerprint density at radius 2 is 1.63 bits per heavy atom. The van der Waals surface area contributed by atoms with Crippen molar-refractivity contribution in [2.75, 3.05) is 17.5 Å². The third-order valence-corrected chi connectivity index (χ3v) is 9.79. The number of hydrogen-bond acceptors (Lipinski definition) is 4. The molecule has 4 nitrogen and oxygen atoms in total. The van der Waals surface area contributed by atoms with Crippen molar-refractivity contribution >= 4 is 66.1 Å². The second kappa shape index (κ2) is 11.0. The van der Waals surface area contributed by atoms with Crippen molar-refractivity contribution in [3.8, 4) is 0 Å². The molecule has 38 heavy (non-hydrogen) atoms. The molecule has 0 saturated heterocycles. The lowest BCUT2D eigenvalue weighted by Gasteiger charge is -2.29. The standard InChI is InChI=1S/C29H28Cl2FNO3S2/c1-5-24-25-16-23(38(35,36)17-32)11-12-26(25)37-27(24)28(34)33(6-2)22-14-19(13-21(31)15-22)29(3,4)18-7-9-20(30)10-8-18/h7-16H,5-6,17H2,1-4H3. The maximum absolute atomic E-state index is 13.9. The topological polar surface area (TPSA) is 54.5 Å². The Morgan fingerprint density at radius 3 is 2.24 bits per heavy atom. The Morgan fingerprint density at radius 1 is 0.947 bits per heavy atom. The fourth-order valence-electron chi connectivity index (χ4n) is 4.60. The van der Waals surface area contributed by atoms with Gasteiger partial charge in [0.1, 0.15) is 0 Å². The quantitative estimate of drug-likeness (QED) is 0.206. The van der Waals surface area contributed by atoms with Gasteiger partial charge in [0, 0.05) is 32.4 Å². The molecule has 9 heteroatoms. The van der Waals surface area contributed by atoms with E-state index in [0.29, 0.717) is 39.0 Å². The smallest absolute Gasteiger partial charge is 0.268 e. The number of nitrogens with zero attached hydrogens (tertiary/aromatic N) is 1. The summed E-state index contributed by atoms with van der Waals surface area (Å²) in [5.41, 5.74) is 3.01. The molecule has 0 saturated carbocycles. The number of halogens is 3. The molecule has 0 N–H and O–H groups in total. The lowest BCUT2D eigenvalue weighted by Crippen LogP contribution is -2.31. The van der Waals surface area contributed by atoms with E-state index in [1.165, 1.54) is 23.5 Å². The van der Waals surface area contributed by atoms with E-state index in [4.69, 9.17) is 23.2 Å². The summed E-state index contributed by atoms with van der Waals surface area (Å²) in [4.78, 5) is 16.1. The number of amides is 1. The molecule has 0 aliphatic heterocycles. The van der Waals surface area contributed by atoms with Gasteiger partial charge in [-0.15, -0.1) is 11.3 Å². The van der Waals surface area contributed by atoms with Crippen LogP contribution in [0.1, 0.15) is 54.1 Å². The molecule has 4 rings (SSSR count). The van der Waals surface area contributed by atoms with Crippen LogP contribution in [0.3, 0.4) is 0 Å².